The van der Waals surface area contributed by atoms with Crippen molar-refractivity contribution in [1.29, 1.82) is 0 Å². The number of alkyl halides is 3. The van der Waals surface area contributed by atoms with Crippen LogP contribution in [-0.4, -0.2) is 25.8 Å². The van der Waals surface area contributed by atoms with E-state index in [9.17, 15) is 23.1 Å². The first kappa shape index (κ1) is 21.8. The van der Waals surface area contributed by atoms with E-state index in [0.29, 0.717) is 16.5 Å². The molecule has 9 heteroatoms. The largest absolute Gasteiger partial charge is 0.433 e. The second-order valence-electron chi connectivity index (χ2n) is 8.62. The number of benzene rings is 1. The third-order valence-electron chi connectivity index (χ3n) is 4.51. The lowest BCUT2D eigenvalue weighted by molar-refractivity contribution is -0.141. The van der Waals surface area contributed by atoms with E-state index in [2.05, 4.69) is 15.4 Å². The number of halogens is 3. The van der Waals surface area contributed by atoms with Crippen LogP contribution in [0.1, 0.15) is 56.4 Å². The Bertz CT molecular complexity index is 1110. The molecule has 30 heavy (non-hydrogen) atoms. The molecule has 2 N–H and O–H groups in total. The normalized spacial score (nSPS) is 13.0. The van der Waals surface area contributed by atoms with Crippen molar-refractivity contribution in [3.63, 3.8) is 0 Å². The van der Waals surface area contributed by atoms with E-state index < -0.39 is 23.4 Å². The molecule has 0 fully saturated rings. The number of amides is 1. The zero-order valence-electron chi connectivity index (χ0n) is 17.3. The Morgan fingerprint density at radius 1 is 1.10 bits per heavy atom. The van der Waals surface area contributed by atoms with Crippen LogP contribution in [0.15, 0.2) is 36.5 Å². The molecule has 6 nitrogen and oxygen atoms in total. The van der Waals surface area contributed by atoms with Crippen LogP contribution in [0.2, 0.25) is 0 Å². The number of aliphatic hydroxyl groups is 1. The Morgan fingerprint density at radius 2 is 1.77 bits per heavy atom. The lowest BCUT2D eigenvalue weighted by atomic mass is 9.95. The molecular formula is C21H23F3N4O2. The molecule has 160 valence electrons. The Morgan fingerprint density at radius 3 is 2.33 bits per heavy atom. The molecule has 3 rings (SSSR count). The lowest BCUT2D eigenvalue weighted by Crippen LogP contribution is -2.22. The highest BCUT2D eigenvalue weighted by atomic mass is 19.4. The number of pyridine rings is 1. The van der Waals surface area contributed by atoms with Crippen LogP contribution >= 0.6 is 0 Å². The van der Waals surface area contributed by atoms with Crippen molar-refractivity contribution in [3.8, 4) is 0 Å². The maximum atomic E-state index is 12.9. The van der Waals surface area contributed by atoms with E-state index in [1.165, 1.54) is 6.07 Å². The van der Waals surface area contributed by atoms with E-state index in [1.54, 1.807) is 30.7 Å². The molecule has 0 atom stereocenters. The Kier molecular flexibility index (Phi) is 5.14. The predicted molar refractivity (Wildman–Crippen MR) is 107 cm³/mol. The number of nitrogens with zero attached hydrogens (tertiary/aromatic N) is 3. The van der Waals surface area contributed by atoms with Crippen molar-refractivity contribution in [3.05, 3.63) is 53.5 Å². The smallest absolute Gasteiger partial charge is 0.386 e. The van der Waals surface area contributed by atoms with Gasteiger partial charge in [-0.1, -0.05) is 6.07 Å². The Labute approximate surface area is 171 Å². The quantitative estimate of drug-likeness (QED) is 0.645. The van der Waals surface area contributed by atoms with Gasteiger partial charge >= 0.3 is 6.18 Å². The zero-order valence-corrected chi connectivity index (χ0v) is 17.3. The first-order valence-electron chi connectivity index (χ1n) is 9.28. The van der Waals surface area contributed by atoms with Gasteiger partial charge in [0.15, 0.2) is 0 Å². The molecule has 0 bridgehead atoms. The number of carbonyl (C=O) groups is 1. The van der Waals surface area contributed by atoms with Crippen LogP contribution in [-0.2, 0) is 17.3 Å². The Hall–Kier alpha value is -2.94. The first-order valence-corrected chi connectivity index (χ1v) is 9.28. The van der Waals surface area contributed by atoms with Gasteiger partial charge in [-0.15, -0.1) is 0 Å². The lowest BCUT2D eigenvalue weighted by Gasteiger charge is -2.22. The highest BCUT2D eigenvalue weighted by Gasteiger charge is 2.33. The molecule has 0 aliphatic rings. The highest BCUT2D eigenvalue weighted by molar-refractivity contribution is 6.04. The van der Waals surface area contributed by atoms with Crippen molar-refractivity contribution in [1.82, 2.24) is 14.8 Å². The first-order chi connectivity index (χ1) is 13.7. The highest BCUT2D eigenvalue weighted by Crippen LogP contribution is 2.33. The van der Waals surface area contributed by atoms with Gasteiger partial charge in [0, 0.05) is 22.8 Å². The van der Waals surface area contributed by atoms with Gasteiger partial charge in [-0.3, -0.25) is 9.48 Å². The van der Waals surface area contributed by atoms with E-state index in [0.717, 1.165) is 12.1 Å². The number of rotatable bonds is 3. The summed E-state index contributed by atoms with van der Waals surface area (Å²) in [4.78, 5) is 16.0. The predicted octanol–water partition coefficient (Wildman–Crippen LogP) is 4.68. The van der Waals surface area contributed by atoms with Crippen LogP contribution < -0.4 is 5.32 Å². The molecular weight excluding hydrogens is 397 g/mol. The number of nitrogens with one attached hydrogen (secondary N) is 1. The minimum Gasteiger partial charge on any atom is -0.386 e. The van der Waals surface area contributed by atoms with Crippen LogP contribution in [0.25, 0.3) is 10.9 Å². The second kappa shape index (κ2) is 7.09. The van der Waals surface area contributed by atoms with Crippen molar-refractivity contribution >= 4 is 22.5 Å². The molecule has 0 saturated heterocycles. The van der Waals surface area contributed by atoms with Crippen LogP contribution in [0.5, 0.6) is 0 Å². The topological polar surface area (TPSA) is 80.0 Å². The summed E-state index contributed by atoms with van der Waals surface area (Å²) < 4.78 is 40.5. The number of anilines is 1. The van der Waals surface area contributed by atoms with Gasteiger partial charge in [0.25, 0.3) is 5.91 Å². The van der Waals surface area contributed by atoms with Crippen LogP contribution in [0.3, 0.4) is 0 Å². The molecule has 0 aliphatic carbocycles. The van der Waals surface area contributed by atoms with Gasteiger partial charge in [-0.05, 0) is 58.9 Å². The summed E-state index contributed by atoms with van der Waals surface area (Å²) in [7, 11) is 0. The molecule has 0 radical (unpaired) electrons. The molecule has 0 aliphatic heterocycles. The zero-order chi connectivity index (χ0) is 22.5. The average molecular weight is 420 g/mol. The SMILES string of the molecule is CC(C)(O)c1cc2nn(C(C)(C)C)cc2cc1NC(=O)c1cccc(C(F)(F)F)n1. The van der Waals surface area contributed by atoms with Crippen molar-refractivity contribution < 1.29 is 23.1 Å². The number of fused-ring (bicyclic) bond motifs is 1. The standard InChI is InChI=1S/C21H23F3N4O2/c1-19(2,3)28-11-12-9-16(13(20(4,5)30)10-15(12)27-28)26-18(29)14-7-6-8-17(25-14)21(22,23)24/h6-11,30H,1-5H3,(H,26,29). The number of hydrogen-bond donors (Lipinski definition) is 2. The summed E-state index contributed by atoms with van der Waals surface area (Å²) in [6, 6.07) is 6.42. The monoisotopic (exact) mass is 420 g/mol. The summed E-state index contributed by atoms with van der Waals surface area (Å²) in [6.45, 7) is 9.05. The van der Waals surface area contributed by atoms with Crippen molar-refractivity contribution in [2.24, 2.45) is 0 Å². The Balaban J connectivity index is 2.05. The maximum Gasteiger partial charge on any atom is 0.433 e. The number of hydrogen-bond acceptors (Lipinski definition) is 4. The summed E-state index contributed by atoms with van der Waals surface area (Å²) in [5.74, 6) is -0.811. The number of aromatic nitrogens is 3. The van der Waals surface area contributed by atoms with Gasteiger partial charge < -0.3 is 10.4 Å². The fraction of sp³-hybridized carbons (Fsp3) is 0.381. The van der Waals surface area contributed by atoms with Gasteiger partial charge in [-0.25, -0.2) is 4.98 Å². The fourth-order valence-electron chi connectivity index (χ4n) is 2.93. The van der Waals surface area contributed by atoms with Crippen LogP contribution in [0, 0.1) is 0 Å². The average Bonchev–Trinajstić information content (AvgIpc) is 3.03. The fourth-order valence-corrected chi connectivity index (χ4v) is 2.93. The van der Waals surface area contributed by atoms with Crippen molar-refractivity contribution in [2.45, 2.75) is 51.9 Å². The molecule has 2 heterocycles. The summed E-state index contributed by atoms with van der Waals surface area (Å²) in [5.41, 5.74) is -1.86. The van der Waals surface area contributed by atoms with Gasteiger partial charge in [0.2, 0.25) is 0 Å². The minimum atomic E-state index is -4.66. The molecule has 3 aromatic rings. The molecule has 0 unspecified atom stereocenters. The third kappa shape index (κ3) is 4.46. The molecule has 1 aromatic carbocycles. The third-order valence-corrected chi connectivity index (χ3v) is 4.51. The molecule has 1 amide bonds. The summed E-state index contributed by atoms with van der Waals surface area (Å²) >= 11 is 0. The second-order valence-corrected chi connectivity index (χ2v) is 8.62. The summed E-state index contributed by atoms with van der Waals surface area (Å²) in [5, 5.41) is 18.4. The minimum absolute atomic E-state index is 0.271. The van der Waals surface area contributed by atoms with E-state index in [1.807, 2.05) is 27.0 Å². The maximum absolute atomic E-state index is 12.9. The molecule has 2 aromatic heterocycles. The van der Waals surface area contributed by atoms with Gasteiger partial charge in [0.05, 0.1) is 16.7 Å². The summed E-state index contributed by atoms with van der Waals surface area (Å²) in [6.07, 6.45) is -2.85. The number of carbonyl (C=O) groups excluding carboxylic acids is 1. The molecule has 0 spiro atoms. The van der Waals surface area contributed by atoms with E-state index >= 15 is 0 Å². The van der Waals surface area contributed by atoms with Gasteiger partial charge in [-0.2, -0.15) is 18.3 Å². The van der Waals surface area contributed by atoms with Gasteiger partial charge in [0.1, 0.15) is 11.4 Å². The van der Waals surface area contributed by atoms with Crippen LogP contribution in [0.4, 0.5) is 18.9 Å². The molecule has 0 saturated carbocycles. The van der Waals surface area contributed by atoms with E-state index in [-0.39, 0.29) is 16.9 Å². The van der Waals surface area contributed by atoms with Crippen molar-refractivity contribution in [2.75, 3.05) is 5.32 Å². The van der Waals surface area contributed by atoms with E-state index in [4.69, 9.17) is 0 Å².